The molecule has 0 amide bonds. The Bertz CT molecular complexity index is 893. The van der Waals surface area contributed by atoms with Gasteiger partial charge in [0.25, 0.3) is 0 Å². The summed E-state index contributed by atoms with van der Waals surface area (Å²) in [5.74, 6) is 0.857. The van der Waals surface area contributed by atoms with Gasteiger partial charge >= 0.3 is 0 Å². The van der Waals surface area contributed by atoms with E-state index >= 15 is 0 Å². The maximum atomic E-state index is 6.15. The van der Waals surface area contributed by atoms with Crippen LogP contribution in [0.2, 0.25) is 0 Å². The van der Waals surface area contributed by atoms with Crippen molar-refractivity contribution in [2.24, 2.45) is 5.73 Å². The van der Waals surface area contributed by atoms with Crippen molar-refractivity contribution in [2.45, 2.75) is 38.5 Å². The van der Waals surface area contributed by atoms with Crippen molar-refractivity contribution in [2.75, 3.05) is 6.54 Å². The summed E-state index contributed by atoms with van der Waals surface area (Å²) in [6.45, 7) is 0.575. The van der Waals surface area contributed by atoms with Crippen LogP contribution in [0, 0.1) is 0 Å². The number of oxazole rings is 1. The molecule has 0 bridgehead atoms. The molecule has 1 aliphatic rings. The number of hydrogen-bond acceptors (Lipinski definition) is 3. The third-order valence-corrected chi connectivity index (χ3v) is 4.99. The van der Waals surface area contributed by atoms with E-state index < -0.39 is 0 Å². The predicted molar refractivity (Wildman–Crippen MR) is 102 cm³/mol. The largest absolute Gasteiger partial charge is 0.440 e. The minimum absolute atomic E-state index is 0.575. The number of aromatic nitrogens is 1. The molecule has 3 heteroatoms. The lowest BCUT2D eigenvalue weighted by Gasteiger charge is -2.01. The van der Waals surface area contributed by atoms with Gasteiger partial charge in [-0.3, -0.25) is 0 Å². The van der Waals surface area contributed by atoms with Crippen LogP contribution >= 0.6 is 0 Å². The average Bonchev–Trinajstić information content (AvgIpc) is 3.23. The van der Waals surface area contributed by atoms with Gasteiger partial charge in [-0.15, -0.1) is 0 Å². The molecule has 2 aromatic carbocycles. The number of nitrogens with zero attached hydrogens (tertiary/aromatic N) is 1. The fourth-order valence-corrected chi connectivity index (χ4v) is 3.74. The van der Waals surface area contributed by atoms with Gasteiger partial charge in [0.2, 0.25) is 0 Å². The zero-order valence-electron chi connectivity index (χ0n) is 14.5. The molecule has 0 saturated heterocycles. The van der Waals surface area contributed by atoms with Gasteiger partial charge in [-0.25, -0.2) is 4.98 Å². The Kier molecular flexibility index (Phi) is 4.66. The first-order valence-corrected chi connectivity index (χ1v) is 9.20. The van der Waals surface area contributed by atoms with Crippen molar-refractivity contribution >= 4 is 16.7 Å². The summed E-state index contributed by atoms with van der Waals surface area (Å²) < 4.78 is 6.15. The first-order valence-electron chi connectivity index (χ1n) is 9.20. The van der Waals surface area contributed by atoms with Gasteiger partial charge in [-0.2, -0.15) is 0 Å². The molecule has 0 spiro atoms. The molecule has 0 fully saturated rings. The van der Waals surface area contributed by atoms with E-state index in [9.17, 15) is 0 Å². The van der Waals surface area contributed by atoms with E-state index in [1.54, 1.807) is 0 Å². The maximum Gasteiger partial charge on any atom is 0.195 e. The van der Waals surface area contributed by atoms with Crippen molar-refractivity contribution in [3.8, 4) is 0 Å². The highest BCUT2D eigenvalue weighted by molar-refractivity contribution is 5.91. The molecule has 1 aromatic heterocycles. The molecule has 1 heterocycles. The molecule has 1 aliphatic carbocycles. The van der Waals surface area contributed by atoms with Gasteiger partial charge in [0, 0.05) is 18.5 Å². The van der Waals surface area contributed by atoms with Crippen LogP contribution < -0.4 is 5.73 Å². The number of nitrogens with two attached hydrogens (primary N) is 1. The Labute approximate surface area is 148 Å². The van der Waals surface area contributed by atoms with E-state index in [1.807, 2.05) is 0 Å². The summed E-state index contributed by atoms with van der Waals surface area (Å²) in [7, 11) is 0. The van der Waals surface area contributed by atoms with Gasteiger partial charge in [0.1, 0.15) is 5.52 Å². The second kappa shape index (κ2) is 7.24. The Balaban J connectivity index is 1.47. The van der Waals surface area contributed by atoms with E-state index in [2.05, 4.69) is 48.5 Å². The number of hydrogen-bond donors (Lipinski definition) is 1. The standard InChI is InChI=1S/C22H24N2O/c23-15-14-18-11-10-17-12-13-19-22(21(17)18)25-20(24-19)9-5-4-8-16-6-2-1-3-7-16/h1-3,6-7,12-14H,4-5,8-11,15,23H2. The number of benzene rings is 2. The highest BCUT2D eigenvalue weighted by atomic mass is 16.3. The second-order valence-corrected chi connectivity index (χ2v) is 6.71. The van der Waals surface area contributed by atoms with Crippen LogP contribution in [0.25, 0.3) is 16.7 Å². The second-order valence-electron chi connectivity index (χ2n) is 6.71. The Morgan fingerprint density at radius 3 is 2.68 bits per heavy atom. The SMILES string of the molecule is NCC=C1CCc2ccc3nc(CCCCc4ccccc4)oc3c21. The van der Waals surface area contributed by atoms with Gasteiger partial charge < -0.3 is 10.2 Å². The van der Waals surface area contributed by atoms with E-state index in [0.29, 0.717) is 6.54 Å². The summed E-state index contributed by atoms with van der Waals surface area (Å²) in [5.41, 5.74) is 13.0. The van der Waals surface area contributed by atoms with Crippen molar-refractivity contribution in [3.63, 3.8) is 0 Å². The van der Waals surface area contributed by atoms with Crippen LogP contribution in [0.1, 0.15) is 41.8 Å². The molecule has 0 saturated carbocycles. The molecule has 128 valence electrons. The smallest absolute Gasteiger partial charge is 0.195 e. The topological polar surface area (TPSA) is 52.0 Å². The predicted octanol–water partition coefficient (Wildman–Crippen LogP) is 4.68. The summed E-state index contributed by atoms with van der Waals surface area (Å²) >= 11 is 0. The van der Waals surface area contributed by atoms with Crippen LogP contribution in [-0.4, -0.2) is 11.5 Å². The number of allylic oxidation sites excluding steroid dienone is 1. The van der Waals surface area contributed by atoms with E-state index in [0.717, 1.165) is 55.5 Å². The number of aryl methyl sites for hydroxylation is 3. The lowest BCUT2D eigenvalue weighted by Crippen LogP contribution is -1.94. The molecule has 0 unspecified atom stereocenters. The van der Waals surface area contributed by atoms with Crippen molar-refractivity contribution in [1.29, 1.82) is 0 Å². The summed E-state index contributed by atoms with van der Waals surface area (Å²) in [4.78, 5) is 4.70. The van der Waals surface area contributed by atoms with Crippen molar-refractivity contribution < 1.29 is 4.42 Å². The lowest BCUT2D eigenvalue weighted by molar-refractivity contribution is 0.513. The lowest BCUT2D eigenvalue weighted by atomic mass is 10.1. The zero-order valence-corrected chi connectivity index (χ0v) is 14.5. The van der Waals surface area contributed by atoms with Gasteiger partial charge in [-0.05, 0) is 54.9 Å². The van der Waals surface area contributed by atoms with Gasteiger partial charge in [-0.1, -0.05) is 42.5 Å². The Hall–Kier alpha value is -2.39. The molecule has 25 heavy (non-hydrogen) atoms. The minimum Gasteiger partial charge on any atom is -0.440 e. The first kappa shape index (κ1) is 16.1. The zero-order chi connectivity index (χ0) is 17.1. The third kappa shape index (κ3) is 3.38. The molecular weight excluding hydrogens is 308 g/mol. The van der Waals surface area contributed by atoms with E-state index in [-0.39, 0.29) is 0 Å². The molecule has 0 aliphatic heterocycles. The highest BCUT2D eigenvalue weighted by Gasteiger charge is 2.22. The molecular formula is C22H24N2O. The summed E-state index contributed by atoms with van der Waals surface area (Å²) in [6.07, 6.45) is 8.50. The van der Waals surface area contributed by atoms with Gasteiger partial charge in [0.05, 0.1) is 0 Å². The fraction of sp³-hybridized carbons (Fsp3) is 0.318. The molecule has 0 radical (unpaired) electrons. The molecule has 2 N–H and O–H groups in total. The summed E-state index contributed by atoms with van der Waals surface area (Å²) in [6, 6.07) is 14.9. The summed E-state index contributed by atoms with van der Waals surface area (Å²) in [5, 5.41) is 0. The van der Waals surface area contributed by atoms with Gasteiger partial charge in [0.15, 0.2) is 11.5 Å². The maximum absolute atomic E-state index is 6.15. The van der Waals surface area contributed by atoms with E-state index in [4.69, 9.17) is 15.1 Å². The van der Waals surface area contributed by atoms with Crippen molar-refractivity contribution in [3.05, 3.63) is 71.1 Å². The number of unbranched alkanes of at least 4 members (excludes halogenated alkanes) is 1. The quantitative estimate of drug-likeness (QED) is 0.667. The normalized spacial score (nSPS) is 15.2. The van der Waals surface area contributed by atoms with Crippen LogP contribution in [0.5, 0.6) is 0 Å². The van der Waals surface area contributed by atoms with E-state index in [1.165, 1.54) is 22.3 Å². The minimum atomic E-state index is 0.575. The monoisotopic (exact) mass is 332 g/mol. The third-order valence-electron chi connectivity index (χ3n) is 4.99. The molecule has 3 aromatic rings. The molecule has 4 rings (SSSR count). The number of fused-ring (bicyclic) bond motifs is 3. The fourth-order valence-electron chi connectivity index (χ4n) is 3.74. The highest BCUT2D eigenvalue weighted by Crippen LogP contribution is 2.37. The number of rotatable bonds is 6. The van der Waals surface area contributed by atoms with Crippen LogP contribution in [0.15, 0.2) is 53.0 Å². The average molecular weight is 332 g/mol. The van der Waals surface area contributed by atoms with Crippen LogP contribution in [0.4, 0.5) is 0 Å². The molecule has 3 nitrogen and oxygen atoms in total. The van der Waals surface area contributed by atoms with Crippen molar-refractivity contribution in [1.82, 2.24) is 4.98 Å². The Morgan fingerprint density at radius 1 is 1.00 bits per heavy atom. The molecule has 0 atom stereocenters. The van der Waals surface area contributed by atoms with Crippen LogP contribution in [-0.2, 0) is 19.3 Å². The Morgan fingerprint density at radius 2 is 1.84 bits per heavy atom. The van der Waals surface area contributed by atoms with Crippen LogP contribution in [0.3, 0.4) is 0 Å². The first-order chi connectivity index (χ1) is 12.3.